The quantitative estimate of drug-likeness (QED) is 0.131. The molecular formula is C63H49N5. The third-order valence-electron chi connectivity index (χ3n) is 14.3. The lowest BCUT2D eigenvalue weighted by molar-refractivity contribution is 0.590. The first kappa shape index (κ1) is 40.2. The molecule has 0 aliphatic rings. The number of fused-ring (bicyclic) bond motifs is 12. The van der Waals surface area contributed by atoms with Crippen molar-refractivity contribution in [1.29, 1.82) is 0 Å². The molecule has 5 heteroatoms. The minimum atomic E-state index is 0.0222. The van der Waals surface area contributed by atoms with E-state index in [-0.39, 0.29) is 10.8 Å². The first-order valence-electron chi connectivity index (χ1n) is 23.7. The lowest BCUT2D eigenvalue weighted by Crippen LogP contribution is -2.10. The summed E-state index contributed by atoms with van der Waals surface area (Å²) in [5.74, 6) is 1.55. The summed E-state index contributed by atoms with van der Waals surface area (Å²) < 4.78 is 4.70. The highest BCUT2D eigenvalue weighted by atomic mass is 15.1. The van der Waals surface area contributed by atoms with Gasteiger partial charge in [0, 0.05) is 56.1 Å². The van der Waals surface area contributed by atoms with Gasteiger partial charge in [-0.2, -0.15) is 0 Å². The molecule has 0 aliphatic heterocycles. The van der Waals surface area contributed by atoms with Gasteiger partial charge < -0.3 is 4.57 Å². The number of pyridine rings is 2. The second-order valence-corrected chi connectivity index (χ2v) is 20.5. The molecule has 0 radical (unpaired) electrons. The molecule has 0 amide bonds. The molecule has 0 aliphatic carbocycles. The van der Waals surface area contributed by atoms with Gasteiger partial charge in [0.2, 0.25) is 0 Å². The summed E-state index contributed by atoms with van der Waals surface area (Å²) in [6.45, 7) is 13.8. The predicted molar refractivity (Wildman–Crippen MR) is 287 cm³/mol. The molecule has 0 unspecified atom stereocenters. The molecule has 326 valence electrons. The third kappa shape index (κ3) is 6.05. The van der Waals surface area contributed by atoms with Crippen LogP contribution >= 0.6 is 0 Å². The first-order chi connectivity index (χ1) is 33.0. The molecule has 0 spiro atoms. The van der Waals surface area contributed by atoms with Crippen molar-refractivity contribution in [2.45, 2.75) is 52.4 Å². The van der Waals surface area contributed by atoms with Crippen molar-refractivity contribution in [3.05, 3.63) is 199 Å². The Bertz CT molecular complexity index is 4090. The highest BCUT2D eigenvalue weighted by Crippen LogP contribution is 2.44. The van der Waals surface area contributed by atoms with E-state index in [0.717, 1.165) is 66.7 Å². The maximum Gasteiger partial charge on any atom is 0.165 e. The summed E-state index contributed by atoms with van der Waals surface area (Å²) >= 11 is 0. The van der Waals surface area contributed by atoms with Gasteiger partial charge in [0.05, 0.1) is 22.1 Å². The van der Waals surface area contributed by atoms with E-state index in [1.54, 1.807) is 0 Å². The summed E-state index contributed by atoms with van der Waals surface area (Å²) in [6.07, 6.45) is 3.95. The van der Waals surface area contributed by atoms with E-state index in [9.17, 15) is 0 Å². The average molecular weight is 876 g/mol. The lowest BCUT2D eigenvalue weighted by Gasteiger charge is -2.19. The van der Waals surface area contributed by atoms with E-state index in [4.69, 9.17) is 15.0 Å². The molecule has 0 atom stereocenters. The van der Waals surface area contributed by atoms with Gasteiger partial charge in [-0.15, -0.1) is 0 Å². The Balaban J connectivity index is 1.07. The highest BCUT2D eigenvalue weighted by molar-refractivity contribution is 6.25. The smallest absolute Gasteiger partial charge is 0.165 e. The van der Waals surface area contributed by atoms with Crippen LogP contribution in [-0.2, 0) is 10.8 Å². The molecule has 4 heterocycles. The summed E-state index contributed by atoms with van der Waals surface area (Å²) in [5.41, 5.74) is 12.1. The molecule has 9 aromatic carbocycles. The van der Waals surface area contributed by atoms with Gasteiger partial charge in [0.1, 0.15) is 11.3 Å². The van der Waals surface area contributed by atoms with Crippen molar-refractivity contribution >= 4 is 86.8 Å². The van der Waals surface area contributed by atoms with Crippen LogP contribution in [0.25, 0.3) is 121 Å². The zero-order chi connectivity index (χ0) is 46.1. The van der Waals surface area contributed by atoms with Crippen LogP contribution in [0.15, 0.2) is 188 Å². The van der Waals surface area contributed by atoms with Crippen LogP contribution in [0.1, 0.15) is 52.7 Å². The van der Waals surface area contributed by atoms with Gasteiger partial charge >= 0.3 is 0 Å². The van der Waals surface area contributed by atoms with Crippen molar-refractivity contribution < 1.29 is 0 Å². The van der Waals surface area contributed by atoms with E-state index in [1.165, 1.54) is 65.3 Å². The molecular weight excluding hydrogens is 827 g/mol. The largest absolute Gasteiger partial charge is 0.309 e. The van der Waals surface area contributed by atoms with E-state index in [1.807, 2.05) is 12.3 Å². The number of imidazole rings is 1. The number of benzene rings is 9. The van der Waals surface area contributed by atoms with Gasteiger partial charge in [0.15, 0.2) is 5.82 Å². The van der Waals surface area contributed by atoms with E-state index >= 15 is 0 Å². The van der Waals surface area contributed by atoms with Crippen LogP contribution in [0.4, 0.5) is 0 Å². The molecule has 0 fully saturated rings. The standard InChI is InChI=1S/C63H49N5/c1-62(2,3)41-27-31-54-51(35-41)52-36-42(63(4,5)6)28-32-55(52)67(54)43-29-25-38(26-30-43)60-66-57-48-22-13-11-20-46(48)47-21-12-14-23-50(47)59(57)68(60)61-58-49(24-15-33-64-58)53(37-65-61)56-44-18-9-7-16-39(44)34-40-17-8-10-19-45(40)56/h7-37H,1-6H3. The summed E-state index contributed by atoms with van der Waals surface area (Å²) in [5, 5.41) is 12.9. The second-order valence-electron chi connectivity index (χ2n) is 20.5. The van der Waals surface area contributed by atoms with Crippen molar-refractivity contribution in [3.63, 3.8) is 0 Å². The first-order valence-corrected chi connectivity index (χ1v) is 23.7. The summed E-state index contributed by atoms with van der Waals surface area (Å²) in [6, 6.07) is 64.2. The number of nitrogens with zero attached hydrogens (tertiary/aromatic N) is 5. The normalized spacial score (nSPS) is 12.6. The Morgan fingerprint density at radius 2 is 0.941 bits per heavy atom. The van der Waals surface area contributed by atoms with Gasteiger partial charge in [0.25, 0.3) is 0 Å². The summed E-state index contributed by atoms with van der Waals surface area (Å²) in [4.78, 5) is 16.3. The maximum absolute atomic E-state index is 5.65. The van der Waals surface area contributed by atoms with Gasteiger partial charge in [-0.05, 0) is 121 Å². The van der Waals surface area contributed by atoms with Gasteiger partial charge in [-0.3, -0.25) is 9.55 Å². The maximum atomic E-state index is 5.65. The second kappa shape index (κ2) is 14.7. The third-order valence-corrected chi connectivity index (χ3v) is 14.3. The number of hydrogen-bond acceptors (Lipinski definition) is 3. The minimum Gasteiger partial charge on any atom is -0.309 e. The van der Waals surface area contributed by atoms with Crippen LogP contribution < -0.4 is 0 Å². The van der Waals surface area contributed by atoms with E-state index in [2.05, 4.69) is 227 Å². The van der Waals surface area contributed by atoms with Crippen molar-refractivity contribution in [1.82, 2.24) is 24.1 Å². The fraction of sp³-hybridized carbons (Fsp3) is 0.127. The monoisotopic (exact) mass is 875 g/mol. The Hall–Kier alpha value is -8.15. The number of aromatic nitrogens is 5. The molecule has 5 nitrogen and oxygen atoms in total. The molecule has 0 N–H and O–H groups in total. The minimum absolute atomic E-state index is 0.0222. The van der Waals surface area contributed by atoms with Crippen molar-refractivity contribution in [2.75, 3.05) is 0 Å². The van der Waals surface area contributed by atoms with Gasteiger partial charge in [-0.1, -0.05) is 157 Å². The SMILES string of the molecule is CC(C)(C)c1ccc2c(c1)c1cc(C(C)(C)C)ccc1n2-c1ccc(-c2nc3c4ccccc4c4ccccc4c3n2-c2ncc(-c3c4ccccc4cc4ccccc34)c3cccnc23)cc1. The van der Waals surface area contributed by atoms with E-state index < -0.39 is 0 Å². The van der Waals surface area contributed by atoms with Crippen LogP contribution in [-0.4, -0.2) is 24.1 Å². The Morgan fingerprint density at radius 3 is 1.54 bits per heavy atom. The molecule has 0 saturated carbocycles. The highest BCUT2D eigenvalue weighted by Gasteiger charge is 2.26. The number of rotatable bonds is 4. The molecule has 13 rings (SSSR count). The van der Waals surface area contributed by atoms with Crippen LogP contribution in [0, 0.1) is 0 Å². The van der Waals surface area contributed by atoms with Crippen molar-refractivity contribution in [3.8, 4) is 34.0 Å². The number of hydrogen-bond donors (Lipinski definition) is 0. The van der Waals surface area contributed by atoms with Crippen LogP contribution in [0.3, 0.4) is 0 Å². The van der Waals surface area contributed by atoms with Gasteiger partial charge in [-0.25, -0.2) is 9.97 Å². The molecule has 0 bridgehead atoms. The Morgan fingerprint density at radius 1 is 0.412 bits per heavy atom. The zero-order valence-corrected chi connectivity index (χ0v) is 39.1. The predicted octanol–water partition coefficient (Wildman–Crippen LogP) is 16.6. The molecule has 13 aromatic rings. The van der Waals surface area contributed by atoms with Crippen LogP contribution in [0.5, 0.6) is 0 Å². The fourth-order valence-electron chi connectivity index (χ4n) is 10.8. The Labute approximate surface area is 395 Å². The Kier molecular flexibility index (Phi) is 8.66. The average Bonchev–Trinajstić information content (AvgIpc) is 3.92. The topological polar surface area (TPSA) is 48.5 Å². The molecule has 0 saturated heterocycles. The zero-order valence-electron chi connectivity index (χ0n) is 39.1. The summed E-state index contributed by atoms with van der Waals surface area (Å²) in [7, 11) is 0. The van der Waals surface area contributed by atoms with Crippen LogP contribution in [0.2, 0.25) is 0 Å². The lowest BCUT2D eigenvalue weighted by atomic mass is 9.85. The fourth-order valence-corrected chi connectivity index (χ4v) is 10.8. The van der Waals surface area contributed by atoms with Crippen molar-refractivity contribution in [2.24, 2.45) is 0 Å². The van der Waals surface area contributed by atoms with E-state index in [0.29, 0.717) is 0 Å². The molecule has 68 heavy (non-hydrogen) atoms. The molecule has 4 aromatic heterocycles.